The molecule has 0 unspecified atom stereocenters. The summed E-state index contributed by atoms with van der Waals surface area (Å²) >= 11 is 0. The standard InChI is InChI=1S/C20H18N2O6/c1-12(20(24)21-13-6-7-16-17(10-13)26-11-25-16)27-19(23)9-8-18-22-14-4-2-3-5-15(14)28-18/h2-7,10,12H,8-9,11H2,1H3,(H,21,24)/t12-/m1/s1. The first-order valence-electron chi connectivity index (χ1n) is 8.83. The number of aryl methyl sites for hydroxylation is 1. The lowest BCUT2D eigenvalue weighted by Crippen LogP contribution is -2.30. The van der Waals surface area contributed by atoms with E-state index in [9.17, 15) is 9.59 Å². The molecule has 2 aromatic carbocycles. The van der Waals surface area contributed by atoms with Crippen LogP contribution in [0.4, 0.5) is 5.69 Å². The molecule has 0 aliphatic carbocycles. The Bertz CT molecular complexity index is 995. The molecular weight excluding hydrogens is 364 g/mol. The summed E-state index contributed by atoms with van der Waals surface area (Å²) in [7, 11) is 0. The lowest BCUT2D eigenvalue weighted by Gasteiger charge is -2.13. The van der Waals surface area contributed by atoms with Gasteiger partial charge >= 0.3 is 5.97 Å². The molecule has 1 amide bonds. The fourth-order valence-electron chi connectivity index (χ4n) is 2.76. The molecule has 8 heteroatoms. The van der Waals surface area contributed by atoms with Crippen LogP contribution in [0.25, 0.3) is 11.1 Å². The van der Waals surface area contributed by atoms with E-state index in [0.29, 0.717) is 35.1 Å². The fourth-order valence-corrected chi connectivity index (χ4v) is 2.76. The van der Waals surface area contributed by atoms with E-state index in [0.717, 1.165) is 5.52 Å². The zero-order valence-corrected chi connectivity index (χ0v) is 15.1. The number of ether oxygens (including phenoxy) is 3. The number of fused-ring (bicyclic) bond motifs is 2. The molecule has 1 aromatic heterocycles. The highest BCUT2D eigenvalue weighted by Crippen LogP contribution is 2.34. The second kappa shape index (κ2) is 7.59. The maximum Gasteiger partial charge on any atom is 0.307 e. The first-order valence-corrected chi connectivity index (χ1v) is 8.83. The van der Waals surface area contributed by atoms with Crippen molar-refractivity contribution in [3.8, 4) is 11.5 Å². The largest absolute Gasteiger partial charge is 0.454 e. The van der Waals surface area contributed by atoms with Crippen molar-refractivity contribution in [2.24, 2.45) is 0 Å². The van der Waals surface area contributed by atoms with Gasteiger partial charge in [0, 0.05) is 18.2 Å². The topological polar surface area (TPSA) is 99.9 Å². The van der Waals surface area contributed by atoms with Gasteiger partial charge in [-0.25, -0.2) is 4.98 Å². The highest BCUT2D eigenvalue weighted by Gasteiger charge is 2.20. The number of nitrogens with zero attached hydrogens (tertiary/aromatic N) is 1. The Morgan fingerprint density at radius 1 is 1.18 bits per heavy atom. The molecule has 0 saturated carbocycles. The van der Waals surface area contributed by atoms with Gasteiger partial charge in [0.15, 0.2) is 29.1 Å². The van der Waals surface area contributed by atoms with Gasteiger partial charge in [0.25, 0.3) is 5.91 Å². The molecule has 0 saturated heterocycles. The number of anilines is 1. The second-order valence-electron chi connectivity index (χ2n) is 6.26. The maximum atomic E-state index is 12.2. The number of hydrogen-bond acceptors (Lipinski definition) is 7. The molecule has 1 atom stereocenters. The summed E-state index contributed by atoms with van der Waals surface area (Å²) in [5.41, 5.74) is 1.94. The Kier molecular flexibility index (Phi) is 4.84. The molecule has 4 rings (SSSR count). The smallest absolute Gasteiger partial charge is 0.307 e. The average Bonchev–Trinajstić information content (AvgIpc) is 3.32. The summed E-state index contributed by atoms with van der Waals surface area (Å²) in [6.45, 7) is 1.67. The molecule has 144 valence electrons. The van der Waals surface area contributed by atoms with E-state index in [4.69, 9.17) is 18.6 Å². The third-order valence-electron chi connectivity index (χ3n) is 4.20. The lowest BCUT2D eigenvalue weighted by molar-refractivity contribution is -0.153. The minimum Gasteiger partial charge on any atom is -0.454 e. The van der Waals surface area contributed by atoms with Crippen molar-refractivity contribution < 1.29 is 28.2 Å². The number of para-hydroxylation sites is 2. The highest BCUT2D eigenvalue weighted by atomic mass is 16.7. The van der Waals surface area contributed by atoms with Crippen LogP contribution in [0.3, 0.4) is 0 Å². The minimum absolute atomic E-state index is 0.0640. The number of oxazole rings is 1. The summed E-state index contributed by atoms with van der Waals surface area (Å²) in [6.07, 6.45) is -0.583. The molecule has 0 fully saturated rings. The monoisotopic (exact) mass is 382 g/mol. The van der Waals surface area contributed by atoms with E-state index in [1.807, 2.05) is 24.3 Å². The summed E-state index contributed by atoms with van der Waals surface area (Å²) in [5, 5.41) is 2.69. The van der Waals surface area contributed by atoms with Crippen molar-refractivity contribution in [3.05, 3.63) is 48.4 Å². The Labute approximate surface area is 160 Å². The van der Waals surface area contributed by atoms with E-state index in [1.54, 1.807) is 18.2 Å². The Balaban J connectivity index is 1.28. The van der Waals surface area contributed by atoms with Gasteiger partial charge in [0.05, 0.1) is 6.42 Å². The van der Waals surface area contributed by atoms with E-state index in [-0.39, 0.29) is 13.2 Å². The van der Waals surface area contributed by atoms with Gasteiger partial charge in [0.2, 0.25) is 6.79 Å². The molecule has 0 radical (unpaired) electrons. The highest BCUT2D eigenvalue weighted by molar-refractivity contribution is 5.95. The van der Waals surface area contributed by atoms with E-state index in [1.165, 1.54) is 6.92 Å². The van der Waals surface area contributed by atoms with Crippen molar-refractivity contribution >= 4 is 28.7 Å². The number of rotatable bonds is 6. The van der Waals surface area contributed by atoms with Crippen molar-refractivity contribution in [2.45, 2.75) is 25.9 Å². The SMILES string of the molecule is C[C@@H](OC(=O)CCc1nc2ccccc2o1)C(=O)Nc1ccc2c(c1)OCO2. The van der Waals surface area contributed by atoms with Crippen LogP contribution >= 0.6 is 0 Å². The molecule has 1 aliphatic heterocycles. The molecular formula is C20H18N2O6. The predicted molar refractivity (Wildman–Crippen MR) is 99.1 cm³/mol. The van der Waals surface area contributed by atoms with Gasteiger partial charge < -0.3 is 23.9 Å². The second-order valence-corrected chi connectivity index (χ2v) is 6.26. The van der Waals surface area contributed by atoms with Crippen molar-refractivity contribution in [2.75, 3.05) is 12.1 Å². The average molecular weight is 382 g/mol. The van der Waals surface area contributed by atoms with Crippen LogP contribution < -0.4 is 14.8 Å². The number of hydrogen-bond donors (Lipinski definition) is 1. The zero-order chi connectivity index (χ0) is 19.5. The Morgan fingerprint density at radius 3 is 2.86 bits per heavy atom. The molecule has 0 bridgehead atoms. The van der Waals surface area contributed by atoms with Crippen LogP contribution in [0.5, 0.6) is 11.5 Å². The van der Waals surface area contributed by atoms with E-state index >= 15 is 0 Å². The fraction of sp³-hybridized carbons (Fsp3) is 0.250. The van der Waals surface area contributed by atoms with Crippen LogP contribution in [-0.4, -0.2) is 29.8 Å². The van der Waals surface area contributed by atoms with Gasteiger partial charge in [-0.05, 0) is 31.2 Å². The van der Waals surface area contributed by atoms with Crippen LogP contribution in [0, 0.1) is 0 Å². The zero-order valence-electron chi connectivity index (χ0n) is 15.1. The van der Waals surface area contributed by atoms with Gasteiger partial charge in [0.1, 0.15) is 5.52 Å². The Hall–Kier alpha value is -3.55. The van der Waals surface area contributed by atoms with Gasteiger partial charge in [-0.2, -0.15) is 0 Å². The van der Waals surface area contributed by atoms with Gasteiger partial charge in [-0.3, -0.25) is 9.59 Å². The van der Waals surface area contributed by atoms with Crippen molar-refractivity contribution in [3.63, 3.8) is 0 Å². The van der Waals surface area contributed by atoms with Crippen LogP contribution in [-0.2, 0) is 20.7 Å². The van der Waals surface area contributed by atoms with Crippen molar-refractivity contribution in [1.29, 1.82) is 0 Å². The molecule has 28 heavy (non-hydrogen) atoms. The van der Waals surface area contributed by atoms with E-state index < -0.39 is 18.0 Å². The van der Waals surface area contributed by atoms with Crippen LogP contribution in [0.1, 0.15) is 19.2 Å². The quantitative estimate of drug-likeness (QED) is 0.654. The van der Waals surface area contributed by atoms with Crippen molar-refractivity contribution in [1.82, 2.24) is 4.98 Å². The molecule has 1 N–H and O–H groups in total. The Morgan fingerprint density at radius 2 is 2.00 bits per heavy atom. The van der Waals surface area contributed by atoms with Crippen LogP contribution in [0.2, 0.25) is 0 Å². The first kappa shape index (κ1) is 17.8. The number of carbonyl (C=O) groups is 2. The maximum absolute atomic E-state index is 12.2. The number of esters is 1. The molecule has 0 spiro atoms. The predicted octanol–water partition coefficient (Wildman–Crippen LogP) is 3.06. The summed E-state index contributed by atoms with van der Waals surface area (Å²) in [4.78, 5) is 28.6. The minimum atomic E-state index is -0.943. The normalized spacial score (nSPS) is 13.3. The summed E-state index contributed by atoms with van der Waals surface area (Å²) in [6, 6.07) is 12.4. The number of aromatic nitrogens is 1. The van der Waals surface area contributed by atoms with Crippen LogP contribution in [0.15, 0.2) is 46.9 Å². The molecule has 1 aliphatic rings. The van der Waals surface area contributed by atoms with E-state index in [2.05, 4.69) is 10.3 Å². The first-order chi connectivity index (χ1) is 13.6. The number of benzene rings is 2. The number of amides is 1. The summed E-state index contributed by atoms with van der Waals surface area (Å²) in [5.74, 6) is 0.692. The number of nitrogens with one attached hydrogen (secondary N) is 1. The molecule has 2 heterocycles. The lowest BCUT2D eigenvalue weighted by atomic mass is 10.2. The third-order valence-corrected chi connectivity index (χ3v) is 4.20. The van der Waals surface area contributed by atoms with Gasteiger partial charge in [-0.1, -0.05) is 12.1 Å². The number of carbonyl (C=O) groups excluding carboxylic acids is 2. The summed E-state index contributed by atoms with van der Waals surface area (Å²) < 4.78 is 21.3. The van der Waals surface area contributed by atoms with Gasteiger partial charge in [-0.15, -0.1) is 0 Å². The molecule has 3 aromatic rings. The third kappa shape index (κ3) is 3.90. The molecule has 8 nitrogen and oxygen atoms in total.